The molecule has 0 aromatic heterocycles. The van der Waals surface area contributed by atoms with Gasteiger partial charge in [-0.3, -0.25) is 4.99 Å². The van der Waals surface area contributed by atoms with Gasteiger partial charge in [0, 0.05) is 23.8 Å². The second-order valence-corrected chi connectivity index (χ2v) is 8.26. The molecule has 1 aromatic carbocycles. The lowest BCUT2D eigenvalue weighted by molar-refractivity contribution is 0.579. The van der Waals surface area contributed by atoms with Gasteiger partial charge in [0.05, 0.1) is 6.54 Å². The zero-order valence-electron chi connectivity index (χ0n) is 13.7. The van der Waals surface area contributed by atoms with Crippen LogP contribution in [0.2, 0.25) is 0 Å². The Kier molecular flexibility index (Phi) is 4.97. The SMILES string of the molecule is CCNC(=NCC1(C)CCCS1)NCC1Cc2ccccc21. The Morgan fingerprint density at radius 3 is 2.95 bits per heavy atom. The number of hydrogen-bond acceptors (Lipinski definition) is 2. The first kappa shape index (κ1) is 15.7. The molecule has 3 nitrogen and oxygen atoms in total. The highest BCUT2D eigenvalue weighted by Crippen LogP contribution is 2.38. The van der Waals surface area contributed by atoms with E-state index in [-0.39, 0.29) is 0 Å². The van der Waals surface area contributed by atoms with Crippen LogP contribution in [0, 0.1) is 0 Å². The van der Waals surface area contributed by atoms with E-state index in [2.05, 4.69) is 60.5 Å². The van der Waals surface area contributed by atoms with Crippen molar-refractivity contribution >= 4 is 17.7 Å². The average molecular weight is 318 g/mol. The molecule has 2 unspecified atom stereocenters. The van der Waals surface area contributed by atoms with Crippen LogP contribution >= 0.6 is 11.8 Å². The highest BCUT2D eigenvalue weighted by atomic mass is 32.2. The summed E-state index contributed by atoms with van der Waals surface area (Å²) in [7, 11) is 0. The Balaban J connectivity index is 1.54. The lowest BCUT2D eigenvalue weighted by Gasteiger charge is -2.31. The quantitative estimate of drug-likeness (QED) is 0.647. The number of nitrogens with zero attached hydrogens (tertiary/aromatic N) is 1. The molecule has 120 valence electrons. The first-order chi connectivity index (χ1) is 10.7. The van der Waals surface area contributed by atoms with Gasteiger partial charge >= 0.3 is 0 Å². The maximum atomic E-state index is 4.83. The maximum Gasteiger partial charge on any atom is 0.191 e. The van der Waals surface area contributed by atoms with E-state index in [1.54, 1.807) is 0 Å². The lowest BCUT2D eigenvalue weighted by atomic mass is 9.78. The molecule has 1 saturated heterocycles. The third kappa shape index (κ3) is 3.60. The zero-order valence-corrected chi connectivity index (χ0v) is 14.5. The lowest BCUT2D eigenvalue weighted by Crippen LogP contribution is -2.42. The fourth-order valence-electron chi connectivity index (χ4n) is 3.31. The first-order valence-electron chi connectivity index (χ1n) is 8.44. The number of fused-ring (bicyclic) bond motifs is 1. The first-order valence-corrected chi connectivity index (χ1v) is 9.43. The average Bonchev–Trinajstić information content (AvgIpc) is 2.93. The molecule has 0 saturated carbocycles. The van der Waals surface area contributed by atoms with E-state index in [1.807, 2.05) is 0 Å². The number of nitrogens with one attached hydrogen (secondary N) is 2. The van der Waals surface area contributed by atoms with E-state index in [9.17, 15) is 0 Å². The van der Waals surface area contributed by atoms with Gasteiger partial charge in [-0.2, -0.15) is 11.8 Å². The van der Waals surface area contributed by atoms with Crippen molar-refractivity contribution in [2.75, 3.05) is 25.4 Å². The van der Waals surface area contributed by atoms with E-state index in [1.165, 1.54) is 36.1 Å². The summed E-state index contributed by atoms with van der Waals surface area (Å²) in [6.45, 7) is 7.28. The zero-order chi connectivity index (χ0) is 15.4. The Morgan fingerprint density at radius 1 is 1.36 bits per heavy atom. The van der Waals surface area contributed by atoms with Gasteiger partial charge in [-0.1, -0.05) is 24.3 Å². The Morgan fingerprint density at radius 2 is 2.23 bits per heavy atom. The number of rotatable bonds is 5. The summed E-state index contributed by atoms with van der Waals surface area (Å²) in [4.78, 5) is 4.83. The number of guanidine groups is 1. The molecule has 1 fully saturated rings. The van der Waals surface area contributed by atoms with E-state index >= 15 is 0 Å². The Labute approximate surface area is 138 Å². The molecule has 2 atom stereocenters. The molecule has 3 rings (SSSR count). The molecule has 0 spiro atoms. The minimum absolute atomic E-state index is 0.339. The summed E-state index contributed by atoms with van der Waals surface area (Å²) in [5.74, 6) is 2.89. The van der Waals surface area contributed by atoms with Crippen LogP contribution in [0.4, 0.5) is 0 Å². The van der Waals surface area contributed by atoms with Crippen LogP contribution in [0.15, 0.2) is 29.3 Å². The molecule has 1 aliphatic carbocycles. The summed E-state index contributed by atoms with van der Waals surface area (Å²) >= 11 is 2.07. The number of thioether (sulfide) groups is 1. The normalized spacial score (nSPS) is 27.2. The molecule has 0 radical (unpaired) electrons. The predicted octanol–water partition coefficient (Wildman–Crippen LogP) is 3.17. The Bertz CT molecular complexity index is 535. The predicted molar refractivity (Wildman–Crippen MR) is 97.0 cm³/mol. The van der Waals surface area contributed by atoms with Gasteiger partial charge in [-0.25, -0.2) is 0 Å². The number of aliphatic imine (C=N–C) groups is 1. The number of hydrogen-bond donors (Lipinski definition) is 2. The topological polar surface area (TPSA) is 36.4 Å². The van der Waals surface area contributed by atoms with Crippen molar-refractivity contribution in [3.63, 3.8) is 0 Å². The van der Waals surface area contributed by atoms with Crippen molar-refractivity contribution in [1.82, 2.24) is 10.6 Å². The molecular formula is C18H27N3S. The number of benzene rings is 1. The van der Waals surface area contributed by atoms with Crippen LogP contribution in [-0.4, -0.2) is 36.1 Å². The minimum atomic E-state index is 0.339. The standard InChI is InChI=1S/C18H27N3S/c1-3-19-17(21-13-18(2)9-6-10-22-18)20-12-15-11-14-7-4-5-8-16(14)15/h4-5,7-8,15H,3,6,9-13H2,1-2H3,(H2,19,20,21). The smallest absolute Gasteiger partial charge is 0.191 e. The molecule has 1 heterocycles. The molecule has 0 amide bonds. The second-order valence-electron chi connectivity index (χ2n) is 6.58. The molecule has 2 aliphatic rings. The molecule has 22 heavy (non-hydrogen) atoms. The van der Waals surface area contributed by atoms with Crippen LogP contribution in [0.1, 0.15) is 43.7 Å². The molecule has 1 aromatic rings. The van der Waals surface area contributed by atoms with E-state index in [0.717, 1.165) is 25.6 Å². The fraction of sp³-hybridized carbons (Fsp3) is 0.611. The Hall–Kier alpha value is -1.16. The van der Waals surface area contributed by atoms with Crippen molar-refractivity contribution in [3.8, 4) is 0 Å². The summed E-state index contributed by atoms with van der Waals surface area (Å²) in [6, 6.07) is 8.77. The van der Waals surface area contributed by atoms with Gasteiger partial charge in [-0.15, -0.1) is 0 Å². The molecule has 4 heteroatoms. The van der Waals surface area contributed by atoms with Gasteiger partial charge in [0.25, 0.3) is 0 Å². The van der Waals surface area contributed by atoms with Crippen LogP contribution in [0.3, 0.4) is 0 Å². The van der Waals surface area contributed by atoms with Crippen molar-refractivity contribution in [2.45, 2.75) is 43.8 Å². The molecule has 2 N–H and O–H groups in total. The molecule has 0 bridgehead atoms. The molecule has 1 aliphatic heterocycles. The van der Waals surface area contributed by atoms with Crippen LogP contribution in [0.25, 0.3) is 0 Å². The van der Waals surface area contributed by atoms with Crippen molar-refractivity contribution in [1.29, 1.82) is 0 Å². The van der Waals surface area contributed by atoms with Gasteiger partial charge in [0.1, 0.15) is 0 Å². The highest BCUT2D eigenvalue weighted by Gasteiger charge is 2.29. The fourth-order valence-corrected chi connectivity index (χ4v) is 4.54. The third-order valence-electron chi connectivity index (χ3n) is 4.69. The second kappa shape index (κ2) is 6.95. The van der Waals surface area contributed by atoms with Crippen LogP contribution in [0.5, 0.6) is 0 Å². The monoisotopic (exact) mass is 317 g/mol. The van der Waals surface area contributed by atoms with Gasteiger partial charge < -0.3 is 10.6 Å². The summed E-state index contributed by atoms with van der Waals surface area (Å²) in [5, 5.41) is 6.92. The van der Waals surface area contributed by atoms with Crippen molar-refractivity contribution in [3.05, 3.63) is 35.4 Å². The van der Waals surface area contributed by atoms with Crippen molar-refractivity contribution in [2.24, 2.45) is 4.99 Å². The van der Waals surface area contributed by atoms with Crippen LogP contribution < -0.4 is 10.6 Å². The third-order valence-corrected chi connectivity index (χ3v) is 6.22. The van der Waals surface area contributed by atoms with Crippen molar-refractivity contribution < 1.29 is 0 Å². The van der Waals surface area contributed by atoms with E-state index in [4.69, 9.17) is 4.99 Å². The largest absolute Gasteiger partial charge is 0.357 e. The van der Waals surface area contributed by atoms with Gasteiger partial charge in [0.2, 0.25) is 0 Å². The minimum Gasteiger partial charge on any atom is -0.357 e. The summed E-state index contributed by atoms with van der Waals surface area (Å²) in [6.07, 6.45) is 3.81. The van der Waals surface area contributed by atoms with Gasteiger partial charge in [-0.05, 0) is 50.0 Å². The maximum absolute atomic E-state index is 4.83. The van der Waals surface area contributed by atoms with E-state index < -0.39 is 0 Å². The highest BCUT2D eigenvalue weighted by molar-refractivity contribution is 8.00. The van der Waals surface area contributed by atoms with Gasteiger partial charge in [0.15, 0.2) is 5.96 Å². The summed E-state index contributed by atoms with van der Waals surface area (Å²) < 4.78 is 0.339. The van der Waals surface area contributed by atoms with Crippen LogP contribution in [-0.2, 0) is 6.42 Å². The molecular weight excluding hydrogens is 290 g/mol. The van der Waals surface area contributed by atoms with E-state index in [0.29, 0.717) is 10.7 Å². The summed E-state index contributed by atoms with van der Waals surface area (Å²) in [5.41, 5.74) is 3.01.